The van der Waals surface area contributed by atoms with E-state index in [9.17, 15) is 14.7 Å². The van der Waals surface area contributed by atoms with Crippen molar-refractivity contribution in [1.82, 2.24) is 4.57 Å². The number of aromatic hydroxyl groups is 1. The highest BCUT2D eigenvalue weighted by Crippen LogP contribution is 2.39. The Bertz CT molecular complexity index is 1190. The maximum atomic E-state index is 13.2. The van der Waals surface area contributed by atoms with Gasteiger partial charge in [-0.2, -0.15) is 0 Å². The molecular formula is C23H23NO5. The molecule has 0 unspecified atom stereocenters. The standard InChI is InChI=1S/C23H23NO5/c1-3-5-13-9-21-18-8-14-6-7-15(25)10-17(14)16(4-2)19(18)11-24(21)22(26)20(13)12-29-23(27)28/h6-10,25H,3-5,11-12H2,1-2H3,(H,27,28). The van der Waals surface area contributed by atoms with Crippen LogP contribution in [0.1, 0.15) is 42.5 Å². The largest absolute Gasteiger partial charge is 0.508 e. The lowest BCUT2D eigenvalue weighted by Crippen LogP contribution is -2.26. The van der Waals surface area contributed by atoms with Gasteiger partial charge in [-0.3, -0.25) is 4.79 Å². The van der Waals surface area contributed by atoms with Crippen molar-refractivity contribution in [2.24, 2.45) is 0 Å². The van der Waals surface area contributed by atoms with E-state index in [1.165, 1.54) is 0 Å². The van der Waals surface area contributed by atoms with E-state index in [1.807, 2.05) is 19.1 Å². The van der Waals surface area contributed by atoms with Crippen LogP contribution in [0.2, 0.25) is 0 Å². The van der Waals surface area contributed by atoms with E-state index in [0.29, 0.717) is 18.5 Å². The molecule has 3 aromatic rings. The summed E-state index contributed by atoms with van der Waals surface area (Å²) in [4.78, 5) is 24.1. The summed E-state index contributed by atoms with van der Waals surface area (Å²) in [7, 11) is 0. The number of carboxylic acid groups (broad SMARTS) is 1. The molecule has 0 atom stereocenters. The summed E-state index contributed by atoms with van der Waals surface area (Å²) in [5.74, 6) is 0.221. The van der Waals surface area contributed by atoms with Crippen molar-refractivity contribution < 1.29 is 19.7 Å². The molecule has 4 rings (SSSR count). The van der Waals surface area contributed by atoms with Crippen LogP contribution in [0.4, 0.5) is 4.79 Å². The van der Waals surface area contributed by atoms with Crippen LogP contribution in [0.25, 0.3) is 22.0 Å². The quantitative estimate of drug-likeness (QED) is 0.489. The number of pyridine rings is 1. The van der Waals surface area contributed by atoms with Crippen molar-refractivity contribution in [1.29, 1.82) is 0 Å². The number of hydrogen-bond donors (Lipinski definition) is 2. The zero-order valence-corrected chi connectivity index (χ0v) is 16.5. The Hall–Kier alpha value is -3.28. The lowest BCUT2D eigenvalue weighted by molar-refractivity contribution is 0.0847. The summed E-state index contributed by atoms with van der Waals surface area (Å²) in [6.45, 7) is 4.29. The third-order valence-electron chi connectivity index (χ3n) is 5.65. The number of hydrogen-bond acceptors (Lipinski definition) is 4. The number of nitrogens with zero attached hydrogens (tertiary/aromatic N) is 1. The first kappa shape index (κ1) is 19.1. The monoisotopic (exact) mass is 393 g/mol. The zero-order chi connectivity index (χ0) is 20.7. The Kier molecular flexibility index (Phi) is 4.78. The van der Waals surface area contributed by atoms with Crippen LogP contribution in [0.15, 0.2) is 35.1 Å². The van der Waals surface area contributed by atoms with Crippen LogP contribution < -0.4 is 5.56 Å². The van der Waals surface area contributed by atoms with E-state index in [1.54, 1.807) is 16.7 Å². The van der Waals surface area contributed by atoms with Crippen LogP contribution in [0.3, 0.4) is 0 Å². The van der Waals surface area contributed by atoms with Crippen LogP contribution in [0, 0.1) is 0 Å². The number of ether oxygens (including phenoxy) is 1. The number of phenolic OH excluding ortho intramolecular Hbond substituents is 1. The van der Waals surface area contributed by atoms with Gasteiger partial charge in [-0.25, -0.2) is 4.79 Å². The highest BCUT2D eigenvalue weighted by molar-refractivity contribution is 5.94. The number of aromatic nitrogens is 1. The molecule has 0 bridgehead atoms. The Balaban J connectivity index is 1.95. The van der Waals surface area contributed by atoms with Crippen molar-refractivity contribution in [2.75, 3.05) is 0 Å². The third kappa shape index (κ3) is 3.14. The van der Waals surface area contributed by atoms with Gasteiger partial charge >= 0.3 is 6.16 Å². The maximum Gasteiger partial charge on any atom is 0.506 e. The average Bonchev–Trinajstić information content (AvgIpc) is 3.04. The fourth-order valence-electron chi connectivity index (χ4n) is 4.37. The molecule has 1 aliphatic heterocycles. The van der Waals surface area contributed by atoms with Crippen LogP contribution >= 0.6 is 0 Å². The Morgan fingerprint density at radius 3 is 2.66 bits per heavy atom. The first-order valence-corrected chi connectivity index (χ1v) is 9.83. The van der Waals surface area contributed by atoms with E-state index in [-0.39, 0.29) is 17.9 Å². The second kappa shape index (κ2) is 7.28. The third-order valence-corrected chi connectivity index (χ3v) is 5.65. The molecule has 29 heavy (non-hydrogen) atoms. The van der Waals surface area contributed by atoms with Gasteiger partial charge in [0.2, 0.25) is 0 Å². The first-order chi connectivity index (χ1) is 13.9. The van der Waals surface area contributed by atoms with Gasteiger partial charge in [-0.05, 0) is 64.6 Å². The predicted octanol–water partition coefficient (Wildman–Crippen LogP) is 4.45. The summed E-state index contributed by atoms with van der Waals surface area (Å²) < 4.78 is 6.44. The summed E-state index contributed by atoms with van der Waals surface area (Å²) >= 11 is 0. The van der Waals surface area contributed by atoms with Gasteiger partial charge in [0.15, 0.2) is 0 Å². The van der Waals surface area contributed by atoms with Gasteiger partial charge in [-0.1, -0.05) is 26.3 Å². The smallest absolute Gasteiger partial charge is 0.506 e. The molecule has 1 aliphatic rings. The highest BCUT2D eigenvalue weighted by atomic mass is 16.7. The van der Waals surface area contributed by atoms with Gasteiger partial charge < -0.3 is 19.5 Å². The number of rotatable bonds is 5. The maximum absolute atomic E-state index is 13.2. The van der Waals surface area contributed by atoms with Gasteiger partial charge in [0.1, 0.15) is 12.4 Å². The molecular weight excluding hydrogens is 370 g/mol. The lowest BCUT2D eigenvalue weighted by Gasteiger charge is -2.13. The Morgan fingerprint density at radius 2 is 1.97 bits per heavy atom. The molecule has 0 saturated heterocycles. The second-order valence-electron chi connectivity index (χ2n) is 7.37. The Morgan fingerprint density at radius 1 is 1.17 bits per heavy atom. The molecule has 6 nitrogen and oxygen atoms in total. The van der Waals surface area contributed by atoms with E-state index in [4.69, 9.17) is 9.84 Å². The normalized spacial score (nSPS) is 12.1. The molecule has 0 spiro atoms. The minimum absolute atomic E-state index is 0.197. The van der Waals surface area contributed by atoms with Crippen molar-refractivity contribution >= 4 is 16.9 Å². The SMILES string of the molecule is CCCc1cc2n(c(=O)c1COC(=O)O)Cc1c-2cc2ccc(O)cc2c1CC. The van der Waals surface area contributed by atoms with Crippen LogP contribution in [-0.2, 0) is 30.7 Å². The molecule has 2 aromatic carbocycles. The molecule has 0 radical (unpaired) electrons. The first-order valence-electron chi connectivity index (χ1n) is 9.83. The molecule has 1 aromatic heterocycles. The highest BCUT2D eigenvalue weighted by Gasteiger charge is 2.26. The fourth-order valence-corrected chi connectivity index (χ4v) is 4.37. The fraction of sp³-hybridized carbons (Fsp3) is 0.304. The van der Waals surface area contributed by atoms with Crippen molar-refractivity contribution in [2.45, 2.75) is 46.3 Å². The molecule has 2 heterocycles. The van der Waals surface area contributed by atoms with Crippen molar-refractivity contribution in [3.63, 3.8) is 0 Å². The molecule has 0 amide bonds. The molecule has 0 fully saturated rings. The van der Waals surface area contributed by atoms with E-state index < -0.39 is 6.16 Å². The van der Waals surface area contributed by atoms with E-state index >= 15 is 0 Å². The average molecular weight is 393 g/mol. The molecule has 0 saturated carbocycles. The molecule has 6 heteroatoms. The number of fused-ring (bicyclic) bond motifs is 4. The topological polar surface area (TPSA) is 88.8 Å². The summed E-state index contributed by atoms with van der Waals surface area (Å²) in [6.07, 6.45) is 0.911. The minimum atomic E-state index is -1.39. The van der Waals surface area contributed by atoms with E-state index in [0.717, 1.165) is 51.6 Å². The van der Waals surface area contributed by atoms with Crippen LogP contribution in [-0.4, -0.2) is 20.9 Å². The van der Waals surface area contributed by atoms with Gasteiger partial charge in [0.25, 0.3) is 5.56 Å². The summed E-state index contributed by atoms with van der Waals surface area (Å²) in [5, 5.41) is 20.8. The molecule has 2 N–H and O–H groups in total. The minimum Gasteiger partial charge on any atom is -0.508 e. The molecule has 150 valence electrons. The van der Waals surface area contributed by atoms with Crippen LogP contribution in [0.5, 0.6) is 5.75 Å². The number of carbonyl (C=O) groups is 1. The summed E-state index contributed by atoms with van der Waals surface area (Å²) in [5.41, 5.74) is 5.14. The van der Waals surface area contributed by atoms with Crippen molar-refractivity contribution in [3.8, 4) is 17.0 Å². The number of benzene rings is 2. The second-order valence-corrected chi connectivity index (χ2v) is 7.37. The Labute approximate surface area is 168 Å². The van der Waals surface area contributed by atoms with Gasteiger partial charge in [-0.15, -0.1) is 0 Å². The molecule has 0 aliphatic carbocycles. The number of aryl methyl sites for hydroxylation is 2. The van der Waals surface area contributed by atoms with E-state index in [2.05, 4.69) is 13.0 Å². The zero-order valence-electron chi connectivity index (χ0n) is 16.5. The van der Waals surface area contributed by atoms with Gasteiger partial charge in [0.05, 0.1) is 17.8 Å². The number of phenols is 1. The van der Waals surface area contributed by atoms with Gasteiger partial charge in [0, 0.05) is 5.56 Å². The lowest BCUT2D eigenvalue weighted by atomic mass is 9.92. The summed E-state index contributed by atoms with van der Waals surface area (Å²) in [6, 6.07) is 9.42. The predicted molar refractivity (Wildman–Crippen MR) is 111 cm³/mol. The van der Waals surface area contributed by atoms with Crippen molar-refractivity contribution in [3.05, 3.63) is 62.9 Å².